The maximum absolute atomic E-state index is 13.3. The number of alkyl halides is 2. The van der Waals surface area contributed by atoms with Gasteiger partial charge < -0.3 is 15.2 Å². The Morgan fingerprint density at radius 2 is 2.19 bits per heavy atom. The van der Waals surface area contributed by atoms with Crippen LogP contribution in [0, 0.1) is 0 Å². The number of nitrogens with one attached hydrogen (secondary N) is 2. The van der Waals surface area contributed by atoms with E-state index < -0.39 is 30.3 Å². The molecule has 0 bridgehead atoms. The lowest BCUT2D eigenvalue weighted by atomic mass is 10.2. The average Bonchev–Trinajstić information content (AvgIpc) is 3.26. The Labute approximate surface area is 148 Å². The molecule has 1 saturated heterocycles. The first-order chi connectivity index (χ1) is 12.3. The van der Waals surface area contributed by atoms with Crippen molar-refractivity contribution in [3.63, 3.8) is 0 Å². The Morgan fingerprint density at radius 3 is 2.85 bits per heavy atom. The van der Waals surface area contributed by atoms with Crippen molar-refractivity contribution in [3.8, 4) is 0 Å². The molecule has 1 atom stereocenters. The van der Waals surface area contributed by atoms with Crippen molar-refractivity contribution < 1.29 is 18.4 Å². The number of hydrogen-bond acceptors (Lipinski definition) is 4. The SMILES string of the molecule is CC(NC(=O)c1c[nH]c2ncc(C3CC3)nc12)C(=O)N1CCC(F)(F)C1. The van der Waals surface area contributed by atoms with Crippen LogP contribution in [0.25, 0.3) is 11.2 Å². The number of aromatic amines is 1. The third-order valence-electron chi connectivity index (χ3n) is 4.84. The van der Waals surface area contributed by atoms with E-state index in [0.717, 1.165) is 23.4 Å². The van der Waals surface area contributed by atoms with E-state index in [2.05, 4.69) is 20.3 Å². The highest BCUT2D eigenvalue weighted by molar-refractivity contribution is 6.05. The van der Waals surface area contributed by atoms with Gasteiger partial charge in [-0.2, -0.15) is 0 Å². The van der Waals surface area contributed by atoms with Crippen molar-refractivity contribution in [2.75, 3.05) is 13.1 Å². The van der Waals surface area contributed by atoms with Gasteiger partial charge in [0.15, 0.2) is 5.65 Å². The molecule has 3 heterocycles. The first-order valence-electron chi connectivity index (χ1n) is 8.65. The summed E-state index contributed by atoms with van der Waals surface area (Å²) in [5.41, 5.74) is 2.10. The summed E-state index contributed by atoms with van der Waals surface area (Å²) in [4.78, 5) is 37.6. The molecule has 7 nitrogen and oxygen atoms in total. The number of fused-ring (bicyclic) bond motifs is 1. The minimum atomic E-state index is -2.86. The van der Waals surface area contributed by atoms with E-state index >= 15 is 0 Å². The fraction of sp³-hybridized carbons (Fsp3) is 0.529. The molecule has 2 N–H and O–H groups in total. The summed E-state index contributed by atoms with van der Waals surface area (Å²) in [6.45, 7) is 0.886. The Morgan fingerprint density at radius 1 is 1.42 bits per heavy atom. The van der Waals surface area contributed by atoms with Crippen LogP contribution in [0.1, 0.15) is 48.2 Å². The minimum absolute atomic E-state index is 0.00461. The number of hydrogen-bond donors (Lipinski definition) is 2. The maximum Gasteiger partial charge on any atom is 0.267 e. The van der Waals surface area contributed by atoms with Gasteiger partial charge in [-0.05, 0) is 19.8 Å². The van der Waals surface area contributed by atoms with Gasteiger partial charge in [-0.3, -0.25) is 9.59 Å². The third-order valence-corrected chi connectivity index (χ3v) is 4.84. The maximum atomic E-state index is 13.3. The van der Waals surface area contributed by atoms with Gasteiger partial charge in [-0.15, -0.1) is 0 Å². The molecule has 138 valence electrons. The second-order valence-electron chi connectivity index (χ2n) is 7.03. The lowest BCUT2D eigenvalue weighted by Gasteiger charge is -2.21. The smallest absolute Gasteiger partial charge is 0.267 e. The second-order valence-corrected chi connectivity index (χ2v) is 7.03. The summed E-state index contributed by atoms with van der Waals surface area (Å²) in [6, 6.07) is -0.902. The Kier molecular flexibility index (Phi) is 3.89. The van der Waals surface area contributed by atoms with Crippen LogP contribution < -0.4 is 5.32 Å². The fourth-order valence-electron chi connectivity index (χ4n) is 3.19. The molecule has 2 aliphatic rings. The first-order valence-corrected chi connectivity index (χ1v) is 8.65. The zero-order valence-corrected chi connectivity index (χ0v) is 14.3. The summed E-state index contributed by atoms with van der Waals surface area (Å²) < 4.78 is 26.6. The number of carbonyl (C=O) groups excluding carboxylic acids is 2. The van der Waals surface area contributed by atoms with Crippen LogP contribution in [0.3, 0.4) is 0 Å². The van der Waals surface area contributed by atoms with Crippen molar-refractivity contribution >= 4 is 23.0 Å². The van der Waals surface area contributed by atoms with Gasteiger partial charge in [0.2, 0.25) is 5.91 Å². The number of carbonyl (C=O) groups is 2. The topological polar surface area (TPSA) is 91.0 Å². The zero-order valence-electron chi connectivity index (χ0n) is 14.3. The molecule has 2 aromatic rings. The molecule has 26 heavy (non-hydrogen) atoms. The number of H-pyrrole nitrogens is 1. The van der Waals surface area contributed by atoms with Gasteiger partial charge in [-0.25, -0.2) is 18.7 Å². The number of amides is 2. The third kappa shape index (κ3) is 3.13. The lowest BCUT2D eigenvalue weighted by Crippen LogP contribution is -2.46. The summed E-state index contributed by atoms with van der Waals surface area (Å²) in [5, 5.41) is 2.58. The highest BCUT2D eigenvalue weighted by Crippen LogP contribution is 2.39. The van der Waals surface area contributed by atoms with Crippen molar-refractivity contribution in [2.24, 2.45) is 0 Å². The van der Waals surface area contributed by atoms with E-state index in [1.165, 1.54) is 13.1 Å². The Bertz CT molecular complexity index is 877. The number of rotatable bonds is 4. The van der Waals surface area contributed by atoms with Crippen LogP contribution in [0.5, 0.6) is 0 Å². The van der Waals surface area contributed by atoms with Crippen molar-refractivity contribution in [1.82, 2.24) is 25.2 Å². The Balaban J connectivity index is 1.48. The van der Waals surface area contributed by atoms with Crippen LogP contribution in [0.4, 0.5) is 8.78 Å². The monoisotopic (exact) mass is 363 g/mol. The zero-order chi connectivity index (χ0) is 18.5. The molecule has 1 unspecified atom stereocenters. The molecule has 2 amide bonds. The second kappa shape index (κ2) is 6.00. The van der Waals surface area contributed by atoms with Gasteiger partial charge in [-0.1, -0.05) is 0 Å². The molecule has 2 aromatic heterocycles. The number of halogens is 2. The minimum Gasteiger partial charge on any atom is -0.344 e. The van der Waals surface area contributed by atoms with Crippen LogP contribution >= 0.6 is 0 Å². The molecule has 4 rings (SSSR count). The molecule has 1 saturated carbocycles. The largest absolute Gasteiger partial charge is 0.344 e. The molecule has 1 aliphatic heterocycles. The number of likely N-dealkylation sites (tertiary alicyclic amines) is 1. The normalized spacial score (nSPS) is 20.3. The van der Waals surface area contributed by atoms with Gasteiger partial charge in [0, 0.05) is 25.1 Å². The predicted octanol–water partition coefficient (Wildman–Crippen LogP) is 1.82. The first kappa shape index (κ1) is 16.9. The molecule has 9 heteroatoms. The van der Waals surface area contributed by atoms with E-state index in [-0.39, 0.29) is 13.0 Å². The fourth-order valence-corrected chi connectivity index (χ4v) is 3.19. The average molecular weight is 363 g/mol. The number of aromatic nitrogens is 3. The molecule has 0 radical (unpaired) electrons. The van der Waals surface area contributed by atoms with Gasteiger partial charge >= 0.3 is 0 Å². The summed E-state index contributed by atoms with van der Waals surface area (Å²) in [5.74, 6) is -3.45. The van der Waals surface area contributed by atoms with E-state index in [4.69, 9.17) is 0 Å². The molecule has 0 aromatic carbocycles. The van der Waals surface area contributed by atoms with Crippen LogP contribution in [-0.2, 0) is 4.79 Å². The summed E-state index contributed by atoms with van der Waals surface area (Å²) >= 11 is 0. The van der Waals surface area contributed by atoms with Crippen molar-refractivity contribution in [3.05, 3.63) is 23.7 Å². The quantitative estimate of drug-likeness (QED) is 0.867. The lowest BCUT2D eigenvalue weighted by molar-refractivity contribution is -0.133. The van der Waals surface area contributed by atoms with Crippen LogP contribution in [0.2, 0.25) is 0 Å². The van der Waals surface area contributed by atoms with E-state index in [1.807, 2.05) is 0 Å². The highest BCUT2D eigenvalue weighted by Gasteiger charge is 2.41. The Hall–Kier alpha value is -2.58. The standard InChI is InChI=1S/C17H19F2N5O2/c1-9(16(26)24-5-4-17(18,19)8-24)22-15(25)11-6-20-14-13(11)23-12(7-21-14)10-2-3-10/h6-7,9-10H,2-5,8H2,1H3,(H,20,21)(H,22,25). The molecule has 2 fully saturated rings. The van der Waals surface area contributed by atoms with Gasteiger partial charge in [0.25, 0.3) is 11.8 Å². The molecular weight excluding hydrogens is 344 g/mol. The van der Waals surface area contributed by atoms with Crippen molar-refractivity contribution in [1.29, 1.82) is 0 Å². The van der Waals surface area contributed by atoms with E-state index in [9.17, 15) is 18.4 Å². The summed E-state index contributed by atoms with van der Waals surface area (Å²) in [6.07, 6.45) is 4.99. The van der Waals surface area contributed by atoms with E-state index in [0.29, 0.717) is 22.6 Å². The van der Waals surface area contributed by atoms with Crippen molar-refractivity contribution in [2.45, 2.75) is 44.1 Å². The van der Waals surface area contributed by atoms with Crippen LogP contribution in [-0.4, -0.2) is 56.7 Å². The molecule has 0 spiro atoms. The molecule has 1 aliphatic carbocycles. The van der Waals surface area contributed by atoms with Gasteiger partial charge in [0.05, 0.1) is 24.0 Å². The van der Waals surface area contributed by atoms with Crippen LogP contribution in [0.15, 0.2) is 12.4 Å². The van der Waals surface area contributed by atoms with E-state index in [1.54, 1.807) is 6.20 Å². The highest BCUT2D eigenvalue weighted by atomic mass is 19.3. The number of nitrogens with zero attached hydrogens (tertiary/aromatic N) is 3. The summed E-state index contributed by atoms with van der Waals surface area (Å²) in [7, 11) is 0. The molecular formula is C17H19F2N5O2. The predicted molar refractivity (Wildman–Crippen MR) is 88.9 cm³/mol. The van der Waals surface area contributed by atoms with Gasteiger partial charge in [0.1, 0.15) is 11.6 Å².